The van der Waals surface area contributed by atoms with Crippen LogP contribution in [0.3, 0.4) is 0 Å². The Morgan fingerprint density at radius 1 is 0.405 bits per heavy atom. The number of nitrogens with two attached hydrogens (primary N) is 3. The topological polar surface area (TPSA) is 1060 Å². The molecule has 116 heavy (non-hydrogen) atoms. The maximum absolute atomic E-state index is 6.53. The standard InChI is InChI=1S/C31H37N9.H4N76/c1-20-16-27(38(4)15-14-37(2)3)25(32)17-26(20)35-31-34-18-23(30-33-11-13-39(30)5)28(36-31)24-19-40-12-7-9-21-8-6-10-22(24)29(21)40;1-3-5-7-9-11-13-15-17-19-21-23-25-27-29-31-33-35-37-39-41-43-45-47-49-51-53-55-57-59-61-63-65-67-69-71-73-75-76-74-72-70-68-66-64-62-60-58-56-54-52-50-48-46-44-42-40-38-36-34-32-30-28-26-24-22-20-18-16-14-12-10-8-6-4-2/h6,8,10-11,13,16-19H,7,9,12,14-15,32H2,1-5H3,(H,34,35,36);(H2,1,4,5,8,9,12,13,16,17,20,21,24,25,28,29,32,33,36,37,40,41,44,45,48,49,52,53,56,57,60,61,64,65,68,69,72,73,76)(H2,2,3,6,7,10,11,14,15,18,19,22,23,26,27,30,31,34,35,38,39,42,43,46,47,50,51,54,55,58,59,62,63,66,67,70,71,74,75). The van der Waals surface area contributed by atoms with Gasteiger partial charge in [-0.3, -0.25) is 0 Å². The number of para-hydroxylation sites is 1. The van der Waals surface area contributed by atoms with Crippen LogP contribution in [0.15, 0.2) is 442 Å². The van der Waals surface area contributed by atoms with Gasteiger partial charge in [0.1, 0.15) is 5.82 Å². The van der Waals surface area contributed by atoms with Crippen LogP contribution < -0.4 is 27.6 Å². The number of hydrogen-bond donors (Lipinski definition) is 4. The molecule has 0 radical (unpaired) electrons. The molecule has 1 aliphatic heterocycles. The van der Waals surface area contributed by atoms with Crippen LogP contribution in [0.25, 0.3) is 33.5 Å². The molecular weight excluding hydrogens is 1560 g/mol. The molecular formula is C31H41N85. The third-order valence-electron chi connectivity index (χ3n) is 10.8. The predicted molar refractivity (Wildman–Crippen MR) is 352 cm³/mol. The maximum Gasteiger partial charge on any atom is 0.227 e. The first-order valence-corrected chi connectivity index (χ1v) is 28.9. The highest BCUT2D eigenvalue weighted by Crippen LogP contribution is 2.39. The first-order chi connectivity index (χ1) is 57.2. The number of rotatable bonds is 44. The summed E-state index contributed by atoms with van der Waals surface area (Å²) >= 11 is 0. The van der Waals surface area contributed by atoms with Gasteiger partial charge in [-0.25, -0.2) is 15.0 Å². The number of benzene rings is 2. The van der Waals surface area contributed by atoms with Gasteiger partial charge in [0.05, 0.1) is 28.1 Å². The maximum atomic E-state index is 6.53. The molecule has 0 aliphatic carbocycles. The highest BCUT2D eigenvalue weighted by atomic mass is 15.8. The molecule has 7 N–H and O–H groups in total. The molecule has 85 heteroatoms. The van der Waals surface area contributed by atoms with Crippen molar-refractivity contribution in [1.82, 2.24) is 29.0 Å². The summed E-state index contributed by atoms with van der Waals surface area (Å²) in [6, 6.07) is 10.7. The van der Waals surface area contributed by atoms with Crippen molar-refractivity contribution in [2.24, 2.45) is 405 Å². The van der Waals surface area contributed by atoms with E-state index in [2.05, 4.69) is 481 Å². The number of aromatic nitrogens is 5. The highest BCUT2D eigenvalue weighted by molar-refractivity contribution is 6.00. The van der Waals surface area contributed by atoms with E-state index in [9.17, 15) is 0 Å². The van der Waals surface area contributed by atoms with Crippen LogP contribution in [0.5, 0.6) is 0 Å². The van der Waals surface area contributed by atoms with E-state index in [4.69, 9.17) is 15.7 Å². The van der Waals surface area contributed by atoms with Crippen LogP contribution in [0.1, 0.15) is 17.5 Å². The highest BCUT2D eigenvalue weighted by Gasteiger charge is 2.23. The molecule has 5 aromatic rings. The minimum atomic E-state index is 0.524. The van der Waals surface area contributed by atoms with Crippen LogP contribution in [0.4, 0.5) is 23.0 Å². The molecule has 0 saturated heterocycles. The van der Waals surface area contributed by atoms with E-state index in [1.807, 2.05) is 36.3 Å². The Bertz CT molecular complexity index is 4820. The zero-order valence-electron chi connectivity index (χ0n) is 58.2. The second kappa shape index (κ2) is 58.7. The molecule has 590 valence electrons. The van der Waals surface area contributed by atoms with E-state index in [-0.39, 0.29) is 0 Å². The van der Waals surface area contributed by atoms with E-state index in [0.29, 0.717) is 11.6 Å². The Morgan fingerprint density at radius 3 is 1.02 bits per heavy atom. The predicted octanol–water partition coefficient (Wildman–Crippen LogP) is 17.5. The summed E-state index contributed by atoms with van der Waals surface area (Å²) < 4.78 is 4.38. The van der Waals surface area contributed by atoms with Gasteiger partial charge in [-0.1, -0.05) is 28.6 Å². The van der Waals surface area contributed by atoms with Crippen molar-refractivity contribution in [1.29, 1.82) is 0 Å². The van der Waals surface area contributed by atoms with Gasteiger partial charge in [0, 0.05) is 378 Å². The normalized spacial score (nSPS) is 14.7. The lowest BCUT2D eigenvalue weighted by Crippen LogP contribution is -2.29. The number of anilines is 4. The molecule has 0 bridgehead atoms. The summed E-state index contributed by atoms with van der Waals surface area (Å²) in [6.45, 7) is 4.93. The summed E-state index contributed by atoms with van der Waals surface area (Å²) in [5.41, 5.74) is 15.8. The third-order valence-corrected chi connectivity index (χ3v) is 10.8. The minimum absolute atomic E-state index is 0.524. The quantitative estimate of drug-likeness (QED) is 0.0124. The van der Waals surface area contributed by atoms with Gasteiger partial charge < -0.3 is 41.7 Å². The van der Waals surface area contributed by atoms with Crippen LogP contribution in [0.2, 0.25) is 0 Å². The lowest BCUT2D eigenvalue weighted by Gasteiger charge is -2.24. The molecule has 0 amide bonds. The Balaban J connectivity index is 0.000000493. The largest absolute Gasteiger partial charge is 0.397 e. The number of nitrogens with zero attached hydrogens (tertiary/aromatic N) is 81. The molecule has 2 aromatic carbocycles. The van der Waals surface area contributed by atoms with Crippen molar-refractivity contribution in [2.75, 3.05) is 50.2 Å². The Morgan fingerprint density at radius 2 is 0.724 bits per heavy atom. The minimum Gasteiger partial charge on any atom is -0.397 e. The zero-order chi connectivity index (χ0) is 82.3. The second-order valence-corrected chi connectivity index (χ2v) is 17.7. The smallest absolute Gasteiger partial charge is 0.227 e. The van der Waals surface area contributed by atoms with E-state index >= 15 is 0 Å². The third kappa shape index (κ3) is 39.0. The van der Waals surface area contributed by atoms with E-state index in [1.165, 1.54) is 16.5 Å². The summed E-state index contributed by atoms with van der Waals surface area (Å²) in [7, 11) is 8.23. The average Bonchev–Trinajstić information content (AvgIpc) is 1.59. The van der Waals surface area contributed by atoms with Crippen LogP contribution >= 0.6 is 0 Å². The average molecular weight is 1600 g/mol. The van der Waals surface area contributed by atoms with Crippen LogP contribution in [-0.4, -0.2) is 63.2 Å². The monoisotopic (exact) mass is 1600 g/mol. The zero-order valence-corrected chi connectivity index (χ0v) is 58.2. The lowest BCUT2D eigenvalue weighted by atomic mass is 10.0. The molecule has 0 fully saturated rings. The molecule has 3 aromatic heterocycles. The van der Waals surface area contributed by atoms with E-state index in [0.717, 1.165) is 72.1 Å². The van der Waals surface area contributed by atoms with Crippen LogP contribution in [-0.2, 0) is 20.0 Å². The van der Waals surface area contributed by atoms with E-state index in [1.54, 1.807) is 0 Å². The fourth-order valence-corrected chi connectivity index (χ4v) is 6.94. The fraction of sp³-hybridized carbons (Fsp3) is 0.323. The number of nitrogen functional groups attached to an aromatic ring is 1. The van der Waals surface area contributed by atoms with Crippen molar-refractivity contribution in [2.45, 2.75) is 26.3 Å². The Kier molecular flexibility index (Phi) is 44.0. The lowest BCUT2D eigenvalue weighted by molar-refractivity contribution is 0.416. The Hall–Kier alpha value is -19.6. The fourth-order valence-electron chi connectivity index (χ4n) is 6.94. The number of imidazole rings is 1. The summed E-state index contributed by atoms with van der Waals surface area (Å²) in [5, 5.41) is 225. The van der Waals surface area contributed by atoms with E-state index < -0.39 is 0 Å². The Labute approximate surface area is 632 Å². The van der Waals surface area contributed by atoms with Gasteiger partial charge in [-0.05, 0) is 130 Å². The van der Waals surface area contributed by atoms with Gasteiger partial charge in [-0.15, -0.1) is 0 Å². The van der Waals surface area contributed by atoms with Crippen LogP contribution in [0, 0.1) is 6.92 Å². The summed E-state index contributed by atoms with van der Waals surface area (Å²) in [5.74, 6) is 10.6. The number of hydrogen-bond acceptors (Lipinski definition) is 9. The molecule has 4 heterocycles. The van der Waals surface area contributed by atoms with Gasteiger partial charge in [-0.2, -0.15) is 0 Å². The molecule has 0 atom stereocenters. The van der Waals surface area contributed by atoms with Crippen molar-refractivity contribution >= 4 is 33.9 Å². The van der Waals surface area contributed by atoms with Crippen molar-refractivity contribution in [3.63, 3.8) is 0 Å². The SMILES string of the molecule is Cc1cc(N(C)CCN(C)C)c(N)cc1Nc1ncc(-c2nccn2C)c(-c2cn3c4c(cccc24)CCC3)n1.N/N=N/N=N/N=N/N=N/N=N/N=N/N=N/N=N/N=N/N=N/N=N/N=N/N=N/N=N/N=N/N=N/N=N/N=N/N=N/N=N/N=N/N=N/N=N/N=N/N=N/N=N/N=N/N=N/N=N/N=N/N=N/N=N/N=N/N=N/N=N/N=N/N=N/N. The first kappa shape index (κ1) is 87.1. The van der Waals surface area contributed by atoms with Crippen molar-refractivity contribution in [3.8, 4) is 22.6 Å². The summed E-state index contributed by atoms with van der Waals surface area (Å²) in [4.78, 5) is 18.8. The van der Waals surface area contributed by atoms with Gasteiger partial charge in [0.25, 0.3) is 0 Å². The molecule has 0 spiro atoms. The molecule has 6 rings (SSSR count). The second-order valence-electron chi connectivity index (χ2n) is 17.7. The molecule has 0 saturated carbocycles. The van der Waals surface area contributed by atoms with Gasteiger partial charge in [0.15, 0.2) is 0 Å². The summed E-state index contributed by atoms with van der Waals surface area (Å²) in [6.07, 6.45) is 10.1. The molecule has 0 unspecified atom stereocenters. The van der Waals surface area contributed by atoms with Gasteiger partial charge in [0.2, 0.25) is 5.95 Å². The molecule has 85 nitrogen and oxygen atoms in total. The first-order valence-electron chi connectivity index (χ1n) is 28.9. The number of nitrogens with one attached hydrogen (secondary N) is 1. The van der Waals surface area contributed by atoms with Gasteiger partial charge >= 0.3 is 0 Å². The van der Waals surface area contributed by atoms with Crippen molar-refractivity contribution < 1.29 is 0 Å². The molecule has 1 aliphatic rings. The van der Waals surface area contributed by atoms with Crippen molar-refractivity contribution in [3.05, 3.63) is 66.2 Å². The number of likely N-dealkylation sites (N-methyl/N-ethyl adjacent to an activating group) is 2. The number of aryl methyl sites for hydroxylation is 4.